The van der Waals surface area contributed by atoms with Gasteiger partial charge in [0.05, 0.1) is 11.6 Å². The highest BCUT2D eigenvalue weighted by Crippen LogP contribution is 2.27. The van der Waals surface area contributed by atoms with E-state index in [0.717, 1.165) is 13.0 Å². The molecule has 1 unspecified atom stereocenters. The van der Waals surface area contributed by atoms with E-state index in [1.54, 1.807) is 6.07 Å². The van der Waals surface area contributed by atoms with Gasteiger partial charge in [0.15, 0.2) is 5.82 Å². The van der Waals surface area contributed by atoms with Gasteiger partial charge in [-0.15, -0.1) is 0 Å². The second kappa shape index (κ2) is 3.92. The molecule has 0 saturated carbocycles. The normalized spacial score (nSPS) is 11.9. The Morgan fingerprint density at radius 1 is 1.57 bits per heavy atom. The number of benzene rings is 1. The molecule has 1 aromatic rings. The van der Waals surface area contributed by atoms with Crippen LogP contribution in [0, 0.1) is 17.1 Å². The molecular weight excluding hydrogens is 190 g/mol. The molecule has 0 aliphatic rings. The summed E-state index contributed by atoms with van der Waals surface area (Å²) < 4.78 is 30.0. The van der Waals surface area contributed by atoms with Gasteiger partial charge in [-0.1, -0.05) is 0 Å². The first kappa shape index (κ1) is 10.3. The highest BCUT2D eigenvalue weighted by molar-refractivity contribution is 5.57. The first-order valence-corrected chi connectivity index (χ1v) is 3.84. The number of hydrogen-bond acceptors (Lipinski definition) is 3. The molecule has 3 nitrogen and oxygen atoms in total. The molecule has 0 fully saturated rings. The predicted octanol–water partition coefficient (Wildman–Crippen LogP) is 1.97. The summed E-state index contributed by atoms with van der Waals surface area (Å²) in [6.45, 7) is 1.14. The average Bonchev–Trinajstić information content (AvgIpc) is 2.11. The summed E-state index contributed by atoms with van der Waals surface area (Å²) in [6, 6.07) is 3.86. The van der Waals surface area contributed by atoms with Crippen LogP contribution in [0.25, 0.3) is 0 Å². The SMILES string of the molecule is CC(F)Oc1cc(C#N)cc(F)c1N. The van der Waals surface area contributed by atoms with Gasteiger partial charge in [0.25, 0.3) is 0 Å². The number of hydrogen-bond donors (Lipinski definition) is 1. The van der Waals surface area contributed by atoms with Crippen LogP contribution in [-0.4, -0.2) is 6.36 Å². The number of halogens is 2. The highest BCUT2D eigenvalue weighted by Gasteiger charge is 2.11. The topological polar surface area (TPSA) is 59.0 Å². The number of rotatable bonds is 2. The molecule has 0 spiro atoms. The van der Waals surface area contributed by atoms with E-state index in [-0.39, 0.29) is 17.0 Å². The monoisotopic (exact) mass is 198 g/mol. The number of nitrogens with zero attached hydrogens (tertiary/aromatic N) is 1. The molecule has 0 heterocycles. The standard InChI is InChI=1S/C9H8F2N2O/c1-5(10)14-8-3-6(4-12)2-7(11)9(8)13/h2-3,5H,13H2,1H3. The summed E-state index contributed by atoms with van der Waals surface area (Å²) in [5.41, 5.74) is 5.02. The van der Waals surface area contributed by atoms with E-state index in [9.17, 15) is 8.78 Å². The molecule has 14 heavy (non-hydrogen) atoms. The summed E-state index contributed by atoms with van der Waals surface area (Å²) >= 11 is 0. The van der Waals surface area contributed by atoms with Crippen LogP contribution in [0.4, 0.5) is 14.5 Å². The van der Waals surface area contributed by atoms with E-state index in [2.05, 4.69) is 4.74 Å². The second-order valence-electron chi connectivity index (χ2n) is 2.64. The Bertz CT molecular complexity index is 385. The lowest BCUT2D eigenvalue weighted by atomic mass is 10.2. The fourth-order valence-electron chi connectivity index (χ4n) is 0.930. The molecule has 2 N–H and O–H groups in total. The minimum Gasteiger partial charge on any atom is -0.458 e. The molecule has 1 aromatic carbocycles. The third-order valence-electron chi connectivity index (χ3n) is 1.51. The fourth-order valence-corrected chi connectivity index (χ4v) is 0.930. The molecule has 0 aromatic heterocycles. The molecule has 5 heteroatoms. The molecular formula is C9H8F2N2O. The van der Waals surface area contributed by atoms with Crippen molar-refractivity contribution >= 4 is 5.69 Å². The van der Waals surface area contributed by atoms with Crippen LogP contribution in [-0.2, 0) is 0 Å². The number of nitrogen functional groups attached to an aromatic ring is 1. The van der Waals surface area contributed by atoms with Crippen LogP contribution in [0.1, 0.15) is 12.5 Å². The molecule has 0 aliphatic heterocycles. The van der Waals surface area contributed by atoms with Gasteiger partial charge in [-0.2, -0.15) is 5.26 Å². The van der Waals surface area contributed by atoms with E-state index in [1.807, 2.05) is 0 Å². The van der Waals surface area contributed by atoms with E-state index in [4.69, 9.17) is 11.0 Å². The predicted molar refractivity (Wildman–Crippen MR) is 46.7 cm³/mol. The van der Waals surface area contributed by atoms with Gasteiger partial charge in [0, 0.05) is 13.0 Å². The van der Waals surface area contributed by atoms with Crippen LogP contribution < -0.4 is 10.5 Å². The van der Waals surface area contributed by atoms with Crippen molar-refractivity contribution in [2.24, 2.45) is 0 Å². The summed E-state index contributed by atoms with van der Waals surface area (Å²) in [5.74, 6) is -0.948. The van der Waals surface area contributed by atoms with Crippen molar-refractivity contribution in [3.63, 3.8) is 0 Å². The van der Waals surface area contributed by atoms with Gasteiger partial charge >= 0.3 is 0 Å². The van der Waals surface area contributed by atoms with Crippen molar-refractivity contribution in [1.82, 2.24) is 0 Å². The van der Waals surface area contributed by atoms with E-state index in [0.29, 0.717) is 0 Å². The Kier molecular flexibility index (Phi) is 2.87. The van der Waals surface area contributed by atoms with Crippen molar-refractivity contribution in [3.8, 4) is 11.8 Å². The van der Waals surface area contributed by atoms with Gasteiger partial charge in [0.1, 0.15) is 11.4 Å². The summed E-state index contributed by atoms with van der Waals surface area (Å²) in [7, 11) is 0. The summed E-state index contributed by atoms with van der Waals surface area (Å²) in [6.07, 6.45) is -1.61. The van der Waals surface area contributed by atoms with E-state index < -0.39 is 12.2 Å². The van der Waals surface area contributed by atoms with Crippen molar-refractivity contribution in [2.75, 3.05) is 5.73 Å². The molecule has 0 aliphatic carbocycles. The Hall–Kier alpha value is -1.83. The quantitative estimate of drug-likeness (QED) is 0.739. The maximum absolute atomic E-state index is 13.0. The Labute approximate surface area is 79.7 Å². The number of nitriles is 1. The second-order valence-corrected chi connectivity index (χ2v) is 2.64. The van der Waals surface area contributed by atoms with Crippen LogP contribution in [0.15, 0.2) is 12.1 Å². The number of ether oxygens (including phenoxy) is 1. The van der Waals surface area contributed by atoms with Gasteiger partial charge in [-0.3, -0.25) is 0 Å². The minimum atomic E-state index is -1.61. The summed E-state index contributed by atoms with van der Waals surface area (Å²) in [5, 5.41) is 8.50. The van der Waals surface area contributed by atoms with Crippen molar-refractivity contribution in [3.05, 3.63) is 23.5 Å². The molecule has 0 radical (unpaired) electrons. The van der Waals surface area contributed by atoms with Crippen LogP contribution in [0.2, 0.25) is 0 Å². The molecule has 0 amide bonds. The van der Waals surface area contributed by atoms with Crippen LogP contribution >= 0.6 is 0 Å². The zero-order chi connectivity index (χ0) is 10.7. The maximum Gasteiger partial charge on any atom is 0.235 e. The third kappa shape index (κ3) is 2.10. The number of anilines is 1. The lowest BCUT2D eigenvalue weighted by Gasteiger charge is -2.10. The van der Waals surface area contributed by atoms with Crippen molar-refractivity contribution < 1.29 is 13.5 Å². The first-order valence-electron chi connectivity index (χ1n) is 3.84. The number of alkyl halides is 1. The van der Waals surface area contributed by atoms with Gasteiger partial charge < -0.3 is 10.5 Å². The molecule has 74 valence electrons. The lowest BCUT2D eigenvalue weighted by molar-refractivity contribution is 0.0866. The minimum absolute atomic E-state index is 0.0346. The molecule has 1 rings (SSSR count). The maximum atomic E-state index is 13.0. The van der Waals surface area contributed by atoms with Gasteiger partial charge in [-0.25, -0.2) is 8.78 Å². The fraction of sp³-hybridized carbons (Fsp3) is 0.222. The zero-order valence-electron chi connectivity index (χ0n) is 7.42. The third-order valence-corrected chi connectivity index (χ3v) is 1.51. The molecule has 0 bridgehead atoms. The molecule has 1 atom stereocenters. The first-order chi connectivity index (χ1) is 6.54. The van der Waals surface area contributed by atoms with Gasteiger partial charge in [0.2, 0.25) is 6.36 Å². The zero-order valence-corrected chi connectivity index (χ0v) is 7.42. The summed E-state index contributed by atoms with van der Waals surface area (Å²) in [4.78, 5) is 0. The van der Waals surface area contributed by atoms with E-state index in [1.165, 1.54) is 6.07 Å². The van der Waals surface area contributed by atoms with Crippen LogP contribution in [0.5, 0.6) is 5.75 Å². The average molecular weight is 198 g/mol. The number of nitrogens with two attached hydrogens (primary N) is 1. The largest absolute Gasteiger partial charge is 0.458 e. The van der Waals surface area contributed by atoms with Crippen LogP contribution in [0.3, 0.4) is 0 Å². The smallest absolute Gasteiger partial charge is 0.235 e. The highest BCUT2D eigenvalue weighted by atomic mass is 19.1. The molecule has 0 saturated heterocycles. The van der Waals surface area contributed by atoms with Gasteiger partial charge in [-0.05, 0) is 6.07 Å². The Morgan fingerprint density at radius 3 is 2.71 bits per heavy atom. The Morgan fingerprint density at radius 2 is 2.21 bits per heavy atom. The van der Waals surface area contributed by atoms with E-state index >= 15 is 0 Å². The Balaban J connectivity index is 3.15. The van der Waals surface area contributed by atoms with Crippen molar-refractivity contribution in [2.45, 2.75) is 13.3 Å². The van der Waals surface area contributed by atoms with Crippen molar-refractivity contribution in [1.29, 1.82) is 5.26 Å². The lowest BCUT2D eigenvalue weighted by Crippen LogP contribution is -2.07.